The average Bonchev–Trinajstić information content (AvgIpc) is 1.99. The minimum atomic E-state index is -0.160. The van der Waals surface area contributed by atoms with Crippen molar-refractivity contribution >= 4 is 0 Å². The maximum atomic E-state index is 12.5. The first-order chi connectivity index (χ1) is 4.30. The van der Waals surface area contributed by atoms with E-state index >= 15 is 0 Å². The van der Waals surface area contributed by atoms with E-state index in [4.69, 9.17) is 0 Å². The molecular formula is C6H9FO2. The Labute approximate surface area is 53.2 Å². The predicted octanol–water partition coefficient (Wildman–Crippen LogP) is 1.44. The molecule has 2 nitrogen and oxygen atoms in total. The summed E-state index contributed by atoms with van der Waals surface area (Å²) in [6.45, 7) is 2.28. The van der Waals surface area contributed by atoms with E-state index in [9.17, 15) is 4.39 Å². The molecule has 3 heteroatoms. The van der Waals surface area contributed by atoms with Crippen molar-refractivity contribution in [2.75, 3.05) is 13.2 Å². The lowest BCUT2D eigenvalue weighted by Gasteiger charge is -2.02. The SMILES string of the molecule is CC1COOCC=C1F. The zero-order valence-electron chi connectivity index (χ0n) is 5.26. The summed E-state index contributed by atoms with van der Waals surface area (Å²) in [5.74, 6) is -0.306. The number of rotatable bonds is 0. The van der Waals surface area contributed by atoms with Crippen molar-refractivity contribution in [2.24, 2.45) is 5.92 Å². The van der Waals surface area contributed by atoms with Gasteiger partial charge in [0.1, 0.15) is 12.4 Å². The third kappa shape index (κ3) is 1.77. The van der Waals surface area contributed by atoms with E-state index < -0.39 is 0 Å². The van der Waals surface area contributed by atoms with Gasteiger partial charge in [0.25, 0.3) is 0 Å². The Bertz CT molecular complexity index is 122. The molecule has 1 aliphatic rings. The van der Waals surface area contributed by atoms with Crippen LogP contribution in [0.5, 0.6) is 0 Å². The molecule has 0 radical (unpaired) electrons. The van der Waals surface area contributed by atoms with Gasteiger partial charge >= 0.3 is 0 Å². The smallest absolute Gasteiger partial charge is 0.104 e. The molecular weight excluding hydrogens is 123 g/mol. The van der Waals surface area contributed by atoms with Gasteiger partial charge in [0.05, 0.1) is 6.61 Å². The van der Waals surface area contributed by atoms with Gasteiger partial charge in [0.15, 0.2) is 0 Å². The van der Waals surface area contributed by atoms with Crippen molar-refractivity contribution in [1.82, 2.24) is 0 Å². The molecule has 0 fully saturated rings. The summed E-state index contributed by atoms with van der Waals surface area (Å²) in [6.07, 6.45) is 1.39. The zero-order valence-corrected chi connectivity index (χ0v) is 5.26. The van der Waals surface area contributed by atoms with Gasteiger partial charge in [-0.2, -0.15) is 0 Å². The lowest BCUT2D eigenvalue weighted by Crippen LogP contribution is -2.02. The van der Waals surface area contributed by atoms with Gasteiger partial charge in [-0.3, -0.25) is 0 Å². The van der Waals surface area contributed by atoms with Crippen LogP contribution in [0.15, 0.2) is 11.9 Å². The van der Waals surface area contributed by atoms with Gasteiger partial charge < -0.3 is 0 Å². The number of hydrogen-bond acceptors (Lipinski definition) is 2. The fourth-order valence-corrected chi connectivity index (χ4v) is 0.593. The van der Waals surface area contributed by atoms with Crippen LogP contribution in [0.4, 0.5) is 4.39 Å². The Balaban J connectivity index is 2.51. The van der Waals surface area contributed by atoms with Crippen LogP contribution in [0.1, 0.15) is 6.92 Å². The highest BCUT2D eigenvalue weighted by atomic mass is 19.1. The molecule has 1 unspecified atom stereocenters. The Morgan fingerprint density at radius 2 is 2.44 bits per heavy atom. The van der Waals surface area contributed by atoms with Gasteiger partial charge in [0.2, 0.25) is 0 Å². The maximum absolute atomic E-state index is 12.5. The molecule has 0 saturated carbocycles. The molecule has 1 atom stereocenters. The van der Waals surface area contributed by atoms with E-state index in [1.165, 1.54) is 6.08 Å². The first-order valence-corrected chi connectivity index (χ1v) is 2.90. The second kappa shape index (κ2) is 2.94. The highest BCUT2D eigenvalue weighted by molar-refractivity contribution is 4.96. The van der Waals surface area contributed by atoms with Crippen molar-refractivity contribution in [3.8, 4) is 0 Å². The Kier molecular flexibility index (Phi) is 2.19. The minimum absolute atomic E-state index is 0.146. The molecule has 0 aliphatic carbocycles. The van der Waals surface area contributed by atoms with Crippen LogP contribution in [0.2, 0.25) is 0 Å². The maximum Gasteiger partial charge on any atom is 0.104 e. The Morgan fingerprint density at radius 3 is 3.22 bits per heavy atom. The van der Waals surface area contributed by atoms with E-state index in [0.29, 0.717) is 6.61 Å². The number of halogens is 1. The molecule has 1 heterocycles. The molecule has 0 N–H and O–H groups in total. The highest BCUT2D eigenvalue weighted by Gasteiger charge is 2.11. The van der Waals surface area contributed by atoms with Crippen molar-refractivity contribution in [2.45, 2.75) is 6.92 Å². The van der Waals surface area contributed by atoms with E-state index in [0.717, 1.165) is 0 Å². The molecule has 52 valence electrons. The van der Waals surface area contributed by atoms with Crippen molar-refractivity contribution in [3.05, 3.63) is 11.9 Å². The van der Waals surface area contributed by atoms with Crippen LogP contribution < -0.4 is 0 Å². The van der Waals surface area contributed by atoms with E-state index in [1.54, 1.807) is 6.92 Å². The second-order valence-corrected chi connectivity index (χ2v) is 2.06. The Morgan fingerprint density at radius 1 is 1.67 bits per heavy atom. The molecule has 1 rings (SSSR count). The van der Waals surface area contributed by atoms with Crippen LogP contribution in [-0.4, -0.2) is 13.2 Å². The first kappa shape index (κ1) is 6.71. The third-order valence-corrected chi connectivity index (χ3v) is 1.22. The predicted molar refractivity (Wildman–Crippen MR) is 30.3 cm³/mol. The summed E-state index contributed by atoms with van der Waals surface area (Å²) in [5, 5.41) is 0. The molecule has 0 amide bonds. The number of hydrogen-bond donors (Lipinski definition) is 0. The van der Waals surface area contributed by atoms with Crippen molar-refractivity contribution in [3.63, 3.8) is 0 Å². The normalized spacial score (nSPS) is 29.1. The average molecular weight is 132 g/mol. The summed E-state index contributed by atoms with van der Waals surface area (Å²) in [6, 6.07) is 0. The largest absolute Gasteiger partial charge is 0.236 e. The van der Waals surface area contributed by atoms with E-state index in [1.807, 2.05) is 0 Å². The van der Waals surface area contributed by atoms with Gasteiger partial charge in [-0.1, -0.05) is 6.92 Å². The lowest BCUT2D eigenvalue weighted by molar-refractivity contribution is -0.287. The third-order valence-electron chi connectivity index (χ3n) is 1.22. The molecule has 0 aromatic heterocycles. The van der Waals surface area contributed by atoms with Gasteiger partial charge in [0, 0.05) is 5.92 Å². The fourth-order valence-electron chi connectivity index (χ4n) is 0.593. The lowest BCUT2D eigenvalue weighted by atomic mass is 10.2. The quantitative estimate of drug-likeness (QED) is 0.464. The molecule has 0 spiro atoms. The van der Waals surface area contributed by atoms with Crippen LogP contribution in [0.25, 0.3) is 0 Å². The molecule has 0 aromatic carbocycles. The fraction of sp³-hybridized carbons (Fsp3) is 0.667. The van der Waals surface area contributed by atoms with Crippen LogP contribution in [-0.2, 0) is 9.78 Å². The molecule has 9 heavy (non-hydrogen) atoms. The first-order valence-electron chi connectivity index (χ1n) is 2.90. The van der Waals surface area contributed by atoms with Crippen molar-refractivity contribution in [1.29, 1.82) is 0 Å². The Hall–Kier alpha value is -0.410. The van der Waals surface area contributed by atoms with Gasteiger partial charge in [-0.25, -0.2) is 14.2 Å². The van der Waals surface area contributed by atoms with E-state index in [-0.39, 0.29) is 18.4 Å². The highest BCUT2D eigenvalue weighted by Crippen LogP contribution is 2.14. The second-order valence-electron chi connectivity index (χ2n) is 2.06. The molecule has 0 bridgehead atoms. The van der Waals surface area contributed by atoms with Crippen LogP contribution >= 0.6 is 0 Å². The van der Waals surface area contributed by atoms with Gasteiger partial charge in [-0.05, 0) is 6.08 Å². The van der Waals surface area contributed by atoms with Gasteiger partial charge in [-0.15, -0.1) is 0 Å². The van der Waals surface area contributed by atoms with Crippen LogP contribution in [0.3, 0.4) is 0 Å². The summed E-state index contributed by atoms with van der Waals surface area (Å²) in [7, 11) is 0. The topological polar surface area (TPSA) is 18.5 Å². The summed E-state index contributed by atoms with van der Waals surface area (Å²) >= 11 is 0. The zero-order chi connectivity index (χ0) is 6.69. The van der Waals surface area contributed by atoms with Crippen molar-refractivity contribution < 1.29 is 14.2 Å². The van der Waals surface area contributed by atoms with Crippen LogP contribution in [0, 0.1) is 5.92 Å². The molecule has 0 aromatic rings. The summed E-state index contributed by atoms with van der Waals surface area (Å²) in [4.78, 5) is 9.10. The molecule has 1 aliphatic heterocycles. The standard InChI is InChI=1S/C6H9FO2/c1-5-4-9-8-3-2-6(5)7/h2,5H,3-4H2,1H3. The summed E-state index contributed by atoms with van der Waals surface area (Å²) in [5.41, 5.74) is 0. The molecule has 0 saturated heterocycles. The minimum Gasteiger partial charge on any atom is -0.236 e. The van der Waals surface area contributed by atoms with E-state index in [2.05, 4.69) is 9.78 Å². The summed E-state index contributed by atoms with van der Waals surface area (Å²) < 4.78 is 12.5. The monoisotopic (exact) mass is 132 g/mol.